The largest absolute Gasteiger partial charge is 0.497 e. The summed E-state index contributed by atoms with van der Waals surface area (Å²) in [6.45, 7) is 6.99. The van der Waals surface area contributed by atoms with Crippen molar-refractivity contribution >= 4 is 11.9 Å². The fourth-order valence-electron chi connectivity index (χ4n) is 2.43. The predicted molar refractivity (Wildman–Crippen MR) is 99.9 cm³/mol. The van der Waals surface area contributed by atoms with Gasteiger partial charge in [0.2, 0.25) is 0 Å². The van der Waals surface area contributed by atoms with Gasteiger partial charge in [-0.1, -0.05) is 0 Å². The van der Waals surface area contributed by atoms with Crippen LogP contribution >= 0.6 is 0 Å². The van der Waals surface area contributed by atoms with E-state index in [1.54, 1.807) is 43.5 Å². The molecule has 0 unspecified atom stereocenters. The number of ether oxygens (including phenoxy) is 3. The van der Waals surface area contributed by atoms with Gasteiger partial charge in [0, 0.05) is 17.2 Å². The van der Waals surface area contributed by atoms with Crippen molar-refractivity contribution in [3.8, 4) is 17.2 Å². The molecule has 0 aromatic heterocycles. The van der Waals surface area contributed by atoms with Crippen molar-refractivity contribution < 1.29 is 19.0 Å². The first-order valence-electron chi connectivity index (χ1n) is 8.35. The Morgan fingerprint density at radius 3 is 2.24 bits per heavy atom. The number of benzene rings is 2. The SMILES string of the molecule is CCOc1cc(OCC)c(C=CC(=O)c2ccc(OC)cc2)cc1C. The van der Waals surface area contributed by atoms with Gasteiger partial charge in [-0.15, -0.1) is 0 Å². The van der Waals surface area contributed by atoms with Gasteiger partial charge in [-0.3, -0.25) is 4.79 Å². The Labute approximate surface area is 149 Å². The second kappa shape index (κ2) is 8.92. The van der Waals surface area contributed by atoms with Gasteiger partial charge in [0.15, 0.2) is 5.78 Å². The molecule has 0 fully saturated rings. The molecule has 0 N–H and O–H groups in total. The Morgan fingerprint density at radius 2 is 1.64 bits per heavy atom. The molecule has 0 bridgehead atoms. The third-order valence-electron chi connectivity index (χ3n) is 3.70. The summed E-state index contributed by atoms with van der Waals surface area (Å²) in [5.74, 6) is 2.15. The first kappa shape index (κ1) is 18.6. The molecule has 2 aromatic rings. The number of hydrogen-bond acceptors (Lipinski definition) is 4. The van der Waals surface area contributed by atoms with Crippen LogP contribution in [0.15, 0.2) is 42.5 Å². The van der Waals surface area contributed by atoms with Gasteiger partial charge in [0.1, 0.15) is 17.2 Å². The molecule has 0 spiro atoms. The van der Waals surface area contributed by atoms with Gasteiger partial charge in [-0.25, -0.2) is 0 Å². The van der Waals surface area contributed by atoms with Crippen LogP contribution in [0.1, 0.15) is 35.3 Å². The van der Waals surface area contributed by atoms with E-state index in [-0.39, 0.29) is 5.78 Å². The summed E-state index contributed by atoms with van der Waals surface area (Å²) >= 11 is 0. The van der Waals surface area contributed by atoms with Crippen LogP contribution < -0.4 is 14.2 Å². The maximum absolute atomic E-state index is 12.3. The average Bonchev–Trinajstić information content (AvgIpc) is 2.63. The molecule has 0 aliphatic heterocycles. The zero-order valence-corrected chi connectivity index (χ0v) is 15.2. The molecule has 0 atom stereocenters. The van der Waals surface area contributed by atoms with E-state index in [1.165, 1.54) is 0 Å². The van der Waals surface area contributed by atoms with Crippen molar-refractivity contribution in [2.45, 2.75) is 20.8 Å². The van der Waals surface area contributed by atoms with Crippen LogP contribution in [0.2, 0.25) is 0 Å². The lowest BCUT2D eigenvalue weighted by atomic mass is 10.1. The van der Waals surface area contributed by atoms with E-state index in [0.29, 0.717) is 24.5 Å². The maximum atomic E-state index is 12.3. The van der Waals surface area contributed by atoms with Crippen molar-refractivity contribution in [3.63, 3.8) is 0 Å². The van der Waals surface area contributed by atoms with E-state index in [2.05, 4.69) is 0 Å². The van der Waals surface area contributed by atoms with Crippen LogP contribution in [0.4, 0.5) is 0 Å². The smallest absolute Gasteiger partial charge is 0.185 e. The van der Waals surface area contributed by atoms with Gasteiger partial charge < -0.3 is 14.2 Å². The summed E-state index contributed by atoms with van der Waals surface area (Å²) in [6.07, 6.45) is 3.33. The van der Waals surface area contributed by atoms with Crippen molar-refractivity contribution in [1.82, 2.24) is 0 Å². The van der Waals surface area contributed by atoms with Crippen LogP contribution in [-0.4, -0.2) is 26.1 Å². The summed E-state index contributed by atoms with van der Waals surface area (Å²) in [5, 5.41) is 0. The molecule has 2 aromatic carbocycles. The summed E-state index contributed by atoms with van der Waals surface area (Å²) in [6, 6.07) is 10.9. The first-order valence-corrected chi connectivity index (χ1v) is 8.35. The minimum absolute atomic E-state index is 0.0726. The van der Waals surface area contributed by atoms with E-state index in [4.69, 9.17) is 14.2 Å². The monoisotopic (exact) mass is 340 g/mol. The normalized spacial score (nSPS) is 10.7. The molecule has 4 nitrogen and oxygen atoms in total. The molecule has 0 aliphatic carbocycles. The highest BCUT2D eigenvalue weighted by atomic mass is 16.5. The minimum Gasteiger partial charge on any atom is -0.497 e. The predicted octanol–water partition coefficient (Wildman–Crippen LogP) is 4.70. The van der Waals surface area contributed by atoms with Crippen LogP contribution in [0.5, 0.6) is 17.2 Å². The third kappa shape index (κ3) is 4.86. The number of rotatable bonds is 8. The standard InChI is InChI=1S/C21H24O4/c1-5-24-20-14-21(25-6-2)17(13-15(20)3)9-12-19(22)16-7-10-18(23-4)11-8-16/h7-14H,5-6H2,1-4H3. The van der Waals surface area contributed by atoms with E-state index >= 15 is 0 Å². The lowest BCUT2D eigenvalue weighted by Crippen LogP contribution is -1.99. The zero-order chi connectivity index (χ0) is 18.2. The Balaban J connectivity index is 2.25. The van der Waals surface area contributed by atoms with Crippen molar-refractivity contribution in [1.29, 1.82) is 0 Å². The minimum atomic E-state index is -0.0726. The number of aryl methyl sites for hydroxylation is 1. The molecule has 0 saturated heterocycles. The Kier molecular flexibility index (Phi) is 6.63. The van der Waals surface area contributed by atoms with Crippen LogP contribution in [0.3, 0.4) is 0 Å². The van der Waals surface area contributed by atoms with E-state index in [1.807, 2.05) is 32.9 Å². The Morgan fingerprint density at radius 1 is 1.00 bits per heavy atom. The second-order valence-electron chi connectivity index (χ2n) is 5.45. The molecular formula is C21H24O4. The lowest BCUT2D eigenvalue weighted by Gasteiger charge is -2.13. The fraction of sp³-hybridized carbons (Fsp3) is 0.286. The Bertz CT molecular complexity index is 745. The van der Waals surface area contributed by atoms with Gasteiger partial charge in [-0.2, -0.15) is 0 Å². The van der Waals surface area contributed by atoms with Gasteiger partial charge in [-0.05, 0) is 68.8 Å². The van der Waals surface area contributed by atoms with Crippen LogP contribution in [-0.2, 0) is 0 Å². The van der Waals surface area contributed by atoms with E-state index in [0.717, 1.165) is 22.6 Å². The van der Waals surface area contributed by atoms with Gasteiger partial charge in [0.25, 0.3) is 0 Å². The molecule has 0 aliphatic rings. The lowest BCUT2D eigenvalue weighted by molar-refractivity contribution is 0.104. The number of allylic oxidation sites excluding steroid dienone is 1. The first-order chi connectivity index (χ1) is 12.1. The van der Waals surface area contributed by atoms with Gasteiger partial charge in [0.05, 0.1) is 20.3 Å². The molecule has 0 saturated carbocycles. The quantitative estimate of drug-likeness (QED) is 0.516. The number of hydrogen-bond donors (Lipinski definition) is 0. The number of methoxy groups -OCH3 is 1. The zero-order valence-electron chi connectivity index (χ0n) is 15.2. The van der Waals surface area contributed by atoms with Crippen LogP contribution in [0.25, 0.3) is 6.08 Å². The highest BCUT2D eigenvalue weighted by Crippen LogP contribution is 2.30. The van der Waals surface area contributed by atoms with Crippen molar-refractivity contribution in [2.24, 2.45) is 0 Å². The highest BCUT2D eigenvalue weighted by Gasteiger charge is 2.09. The molecule has 0 amide bonds. The molecular weight excluding hydrogens is 316 g/mol. The summed E-state index contributed by atoms with van der Waals surface area (Å²) in [5.41, 5.74) is 2.46. The fourth-order valence-corrected chi connectivity index (χ4v) is 2.43. The summed E-state index contributed by atoms with van der Waals surface area (Å²) in [7, 11) is 1.60. The van der Waals surface area contributed by atoms with Crippen LogP contribution in [0, 0.1) is 6.92 Å². The summed E-state index contributed by atoms with van der Waals surface area (Å²) < 4.78 is 16.4. The third-order valence-corrected chi connectivity index (χ3v) is 3.70. The maximum Gasteiger partial charge on any atom is 0.185 e. The van der Waals surface area contributed by atoms with E-state index in [9.17, 15) is 4.79 Å². The topological polar surface area (TPSA) is 44.8 Å². The van der Waals surface area contributed by atoms with Crippen molar-refractivity contribution in [3.05, 3.63) is 59.2 Å². The number of carbonyl (C=O) groups is 1. The molecule has 25 heavy (non-hydrogen) atoms. The number of ketones is 1. The average molecular weight is 340 g/mol. The molecule has 4 heteroatoms. The Hall–Kier alpha value is -2.75. The highest BCUT2D eigenvalue weighted by molar-refractivity contribution is 6.07. The second-order valence-corrected chi connectivity index (χ2v) is 5.45. The van der Waals surface area contributed by atoms with E-state index < -0.39 is 0 Å². The molecule has 132 valence electrons. The molecule has 0 radical (unpaired) electrons. The number of carbonyl (C=O) groups excluding carboxylic acids is 1. The summed E-state index contributed by atoms with van der Waals surface area (Å²) in [4.78, 5) is 12.3. The molecule has 0 heterocycles. The molecule has 2 rings (SSSR count). The van der Waals surface area contributed by atoms with Crippen molar-refractivity contribution in [2.75, 3.05) is 20.3 Å². The van der Waals surface area contributed by atoms with Gasteiger partial charge >= 0.3 is 0 Å².